The summed E-state index contributed by atoms with van der Waals surface area (Å²) in [6, 6.07) is 14.0. The van der Waals surface area contributed by atoms with Crippen molar-refractivity contribution in [3.8, 4) is 0 Å². The van der Waals surface area contributed by atoms with Crippen molar-refractivity contribution in [2.75, 3.05) is 30.1 Å². The van der Waals surface area contributed by atoms with Gasteiger partial charge in [0.15, 0.2) is 0 Å². The van der Waals surface area contributed by atoms with E-state index in [1.807, 2.05) is 43.3 Å². The third kappa shape index (κ3) is 5.07. The van der Waals surface area contributed by atoms with Gasteiger partial charge >= 0.3 is 0 Å². The first-order valence-corrected chi connectivity index (χ1v) is 7.99. The van der Waals surface area contributed by atoms with Crippen LogP contribution in [0.5, 0.6) is 0 Å². The number of halogens is 1. The second-order valence-corrected chi connectivity index (χ2v) is 6.21. The van der Waals surface area contributed by atoms with Crippen LogP contribution in [-0.4, -0.2) is 25.8 Å². The van der Waals surface area contributed by atoms with Gasteiger partial charge in [-0.15, -0.1) is 11.8 Å². The number of nitrogens with zero attached hydrogens (tertiary/aromatic N) is 1. The second-order valence-electron chi connectivity index (χ2n) is 5.04. The molecule has 0 unspecified atom stereocenters. The van der Waals surface area contributed by atoms with Crippen LogP contribution in [0.15, 0.2) is 53.4 Å². The van der Waals surface area contributed by atoms with E-state index in [1.54, 1.807) is 23.9 Å². The lowest BCUT2D eigenvalue weighted by Gasteiger charge is -2.13. The Balaban J connectivity index is 1.76. The van der Waals surface area contributed by atoms with Crippen molar-refractivity contribution in [1.29, 1.82) is 0 Å². The second kappa shape index (κ2) is 7.84. The molecule has 0 aliphatic heterocycles. The molecule has 1 N–H and O–H groups in total. The lowest BCUT2D eigenvalue weighted by Crippen LogP contribution is -2.12. The maximum Gasteiger partial charge on any atom is 0.225 e. The van der Waals surface area contributed by atoms with E-state index in [-0.39, 0.29) is 11.7 Å². The van der Waals surface area contributed by atoms with Crippen LogP contribution in [0.1, 0.15) is 6.42 Å². The van der Waals surface area contributed by atoms with Gasteiger partial charge in [0.05, 0.1) is 0 Å². The molecular formula is C17H19FN2OS. The third-order valence-electron chi connectivity index (χ3n) is 3.08. The molecule has 0 spiro atoms. The number of anilines is 2. The van der Waals surface area contributed by atoms with Crippen molar-refractivity contribution in [2.24, 2.45) is 0 Å². The first kappa shape index (κ1) is 16.4. The van der Waals surface area contributed by atoms with Gasteiger partial charge in [0, 0.05) is 42.5 Å². The molecule has 1 amide bonds. The first-order valence-electron chi connectivity index (χ1n) is 7.00. The lowest BCUT2D eigenvalue weighted by atomic mass is 10.2. The van der Waals surface area contributed by atoms with E-state index in [0.29, 0.717) is 12.2 Å². The Morgan fingerprint density at radius 3 is 2.32 bits per heavy atom. The summed E-state index contributed by atoms with van der Waals surface area (Å²) in [6.07, 6.45) is 0.414. The zero-order valence-corrected chi connectivity index (χ0v) is 13.5. The molecule has 0 bridgehead atoms. The summed E-state index contributed by atoms with van der Waals surface area (Å²) in [5.41, 5.74) is 1.88. The van der Waals surface area contributed by atoms with Crippen LogP contribution in [0.4, 0.5) is 15.8 Å². The normalized spacial score (nSPS) is 10.3. The quantitative estimate of drug-likeness (QED) is 0.817. The van der Waals surface area contributed by atoms with E-state index in [9.17, 15) is 9.18 Å². The van der Waals surface area contributed by atoms with Gasteiger partial charge in [0.2, 0.25) is 5.91 Å². The molecule has 116 valence electrons. The average molecular weight is 318 g/mol. The average Bonchev–Trinajstić information content (AvgIpc) is 2.50. The van der Waals surface area contributed by atoms with Crippen molar-refractivity contribution in [2.45, 2.75) is 11.3 Å². The van der Waals surface area contributed by atoms with Crippen molar-refractivity contribution < 1.29 is 9.18 Å². The summed E-state index contributed by atoms with van der Waals surface area (Å²) in [5, 5.41) is 2.87. The number of carbonyl (C=O) groups excluding carboxylic acids is 1. The molecule has 0 aromatic heterocycles. The van der Waals surface area contributed by atoms with Gasteiger partial charge in [-0.3, -0.25) is 4.79 Å². The molecule has 0 saturated heterocycles. The predicted molar refractivity (Wildman–Crippen MR) is 91.1 cm³/mol. The Labute approximate surface area is 134 Å². The number of rotatable bonds is 6. The summed E-state index contributed by atoms with van der Waals surface area (Å²) in [4.78, 5) is 14.8. The van der Waals surface area contributed by atoms with Crippen LogP contribution in [0.3, 0.4) is 0 Å². The predicted octanol–water partition coefficient (Wildman–Crippen LogP) is 4.01. The molecule has 0 saturated carbocycles. The third-order valence-corrected chi connectivity index (χ3v) is 4.09. The van der Waals surface area contributed by atoms with Gasteiger partial charge in [0.1, 0.15) is 5.82 Å². The highest BCUT2D eigenvalue weighted by molar-refractivity contribution is 7.99. The highest BCUT2D eigenvalue weighted by Gasteiger charge is 2.04. The van der Waals surface area contributed by atoms with Gasteiger partial charge in [0.25, 0.3) is 0 Å². The molecule has 5 heteroatoms. The van der Waals surface area contributed by atoms with Crippen molar-refractivity contribution in [3.05, 3.63) is 54.3 Å². The van der Waals surface area contributed by atoms with Gasteiger partial charge in [-0.2, -0.15) is 0 Å². The Morgan fingerprint density at radius 2 is 1.73 bits per heavy atom. The number of hydrogen-bond donors (Lipinski definition) is 1. The molecule has 0 atom stereocenters. The molecule has 0 heterocycles. The van der Waals surface area contributed by atoms with Crippen LogP contribution in [0, 0.1) is 5.82 Å². The fraction of sp³-hybridized carbons (Fsp3) is 0.235. The Morgan fingerprint density at radius 1 is 1.09 bits per heavy atom. The molecule has 0 fully saturated rings. The number of hydrogen-bond acceptors (Lipinski definition) is 3. The minimum atomic E-state index is -0.247. The largest absolute Gasteiger partial charge is 0.378 e. The molecule has 0 aliphatic carbocycles. The van der Waals surface area contributed by atoms with E-state index in [2.05, 4.69) is 5.32 Å². The monoisotopic (exact) mass is 318 g/mol. The van der Waals surface area contributed by atoms with E-state index in [1.165, 1.54) is 12.1 Å². The SMILES string of the molecule is CN(C)c1ccc(NC(=O)CCSc2ccc(F)cc2)cc1. The van der Waals surface area contributed by atoms with Crippen LogP contribution in [-0.2, 0) is 4.79 Å². The van der Waals surface area contributed by atoms with E-state index < -0.39 is 0 Å². The number of carbonyl (C=O) groups is 1. The van der Waals surface area contributed by atoms with Crippen molar-refractivity contribution in [1.82, 2.24) is 0 Å². The number of benzene rings is 2. The smallest absolute Gasteiger partial charge is 0.225 e. The first-order chi connectivity index (χ1) is 10.5. The number of thioether (sulfide) groups is 1. The molecule has 0 radical (unpaired) electrons. The zero-order valence-electron chi connectivity index (χ0n) is 12.7. The Hall–Kier alpha value is -2.01. The molecular weight excluding hydrogens is 299 g/mol. The van der Waals surface area contributed by atoms with E-state index >= 15 is 0 Å². The molecule has 0 aliphatic rings. The Bertz CT molecular complexity index is 612. The number of nitrogens with one attached hydrogen (secondary N) is 1. The van der Waals surface area contributed by atoms with Crippen LogP contribution in [0.25, 0.3) is 0 Å². The molecule has 2 rings (SSSR count). The maximum absolute atomic E-state index is 12.8. The van der Waals surface area contributed by atoms with Crippen molar-refractivity contribution in [3.63, 3.8) is 0 Å². The Kier molecular flexibility index (Phi) is 5.83. The summed E-state index contributed by atoms with van der Waals surface area (Å²) in [6.45, 7) is 0. The lowest BCUT2D eigenvalue weighted by molar-refractivity contribution is -0.115. The maximum atomic E-state index is 12.8. The highest BCUT2D eigenvalue weighted by Crippen LogP contribution is 2.20. The molecule has 3 nitrogen and oxygen atoms in total. The van der Waals surface area contributed by atoms with E-state index in [0.717, 1.165) is 16.3 Å². The molecule has 22 heavy (non-hydrogen) atoms. The van der Waals surface area contributed by atoms with Gasteiger partial charge in [-0.1, -0.05) is 0 Å². The van der Waals surface area contributed by atoms with Crippen LogP contribution in [0.2, 0.25) is 0 Å². The summed E-state index contributed by atoms with van der Waals surface area (Å²) in [7, 11) is 3.94. The van der Waals surface area contributed by atoms with Gasteiger partial charge in [-0.25, -0.2) is 4.39 Å². The topological polar surface area (TPSA) is 32.3 Å². The van der Waals surface area contributed by atoms with Gasteiger partial charge in [-0.05, 0) is 48.5 Å². The highest BCUT2D eigenvalue weighted by atomic mass is 32.2. The van der Waals surface area contributed by atoms with Crippen LogP contribution < -0.4 is 10.2 Å². The van der Waals surface area contributed by atoms with E-state index in [4.69, 9.17) is 0 Å². The van der Waals surface area contributed by atoms with Crippen molar-refractivity contribution >= 4 is 29.0 Å². The fourth-order valence-corrected chi connectivity index (χ4v) is 2.71. The summed E-state index contributed by atoms with van der Waals surface area (Å²) < 4.78 is 12.8. The molecule has 2 aromatic rings. The zero-order chi connectivity index (χ0) is 15.9. The summed E-state index contributed by atoms with van der Waals surface area (Å²) in [5.74, 6) is 0.392. The summed E-state index contributed by atoms with van der Waals surface area (Å²) >= 11 is 1.54. The minimum absolute atomic E-state index is 0.0211. The van der Waals surface area contributed by atoms with Crippen LogP contribution >= 0.6 is 11.8 Å². The molecule has 2 aromatic carbocycles. The fourth-order valence-electron chi connectivity index (χ4n) is 1.86. The van der Waals surface area contributed by atoms with Gasteiger partial charge < -0.3 is 10.2 Å². The standard InChI is InChI=1S/C17H19FN2OS/c1-20(2)15-7-5-14(6-8-15)19-17(21)11-12-22-16-9-3-13(18)4-10-16/h3-10H,11-12H2,1-2H3,(H,19,21). The number of amides is 1. The minimum Gasteiger partial charge on any atom is -0.378 e.